The van der Waals surface area contributed by atoms with Crippen molar-refractivity contribution >= 4 is 35.1 Å². The third kappa shape index (κ3) is 5.77. The van der Waals surface area contributed by atoms with Gasteiger partial charge in [0.2, 0.25) is 0 Å². The zero-order valence-electron chi connectivity index (χ0n) is 15.7. The van der Waals surface area contributed by atoms with Crippen molar-refractivity contribution in [3.05, 3.63) is 64.4 Å². The minimum absolute atomic E-state index is 0.0438. The van der Waals surface area contributed by atoms with Crippen LogP contribution < -0.4 is 10.6 Å². The van der Waals surface area contributed by atoms with Gasteiger partial charge in [-0.05, 0) is 68.1 Å². The molecule has 1 atom stereocenters. The van der Waals surface area contributed by atoms with E-state index in [0.29, 0.717) is 10.9 Å². The summed E-state index contributed by atoms with van der Waals surface area (Å²) in [6.07, 6.45) is 2.17. The molecule has 2 amide bonds. The molecule has 1 fully saturated rings. The summed E-state index contributed by atoms with van der Waals surface area (Å²) < 4.78 is 18.1. The number of amides is 2. The number of anilines is 1. The number of nitrogens with one attached hydrogen (secondary N) is 2. The summed E-state index contributed by atoms with van der Waals surface area (Å²) in [6.45, 7) is 1.49. The number of esters is 1. The maximum Gasteiger partial charge on any atom is 0.340 e. The molecule has 8 heteroatoms. The van der Waals surface area contributed by atoms with E-state index in [1.54, 1.807) is 0 Å². The fourth-order valence-electron chi connectivity index (χ4n) is 2.81. The third-order valence-corrected chi connectivity index (χ3v) is 4.84. The van der Waals surface area contributed by atoms with Gasteiger partial charge in [0.05, 0.1) is 11.3 Å². The fourth-order valence-corrected chi connectivity index (χ4v) is 2.98. The highest BCUT2D eigenvalue weighted by Gasteiger charge is 2.29. The van der Waals surface area contributed by atoms with Gasteiger partial charge in [0.15, 0.2) is 6.61 Å². The molecule has 2 aromatic carbocycles. The van der Waals surface area contributed by atoms with Crippen LogP contribution in [0.4, 0.5) is 10.1 Å². The SMILES string of the molecule is C[C@H](NC(=O)COC(=O)c1ccc(Cl)cc1NC(=O)c1ccc(F)cc1)C1CC1. The summed E-state index contributed by atoms with van der Waals surface area (Å²) in [4.78, 5) is 36.7. The minimum atomic E-state index is -0.773. The molecule has 0 heterocycles. The molecule has 2 aromatic rings. The predicted molar refractivity (Wildman–Crippen MR) is 106 cm³/mol. The fraction of sp³-hybridized carbons (Fsp3) is 0.286. The van der Waals surface area contributed by atoms with E-state index in [2.05, 4.69) is 10.6 Å². The van der Waals surface area contributed by atoms with Crippen LogP contribution in [-0.2, 0) is 9.53 Å². The molecular formula is C21H20ClFN2O4. The van der Waals surface area contributed by atoms with Crippen molar-refractivity contribution < 1.29 is 23.5 Å². The Hall–Kier alpha value is -2.93. The molecule has 1 saturated carbocycles. The van der Waals surface area contributed by atoms with Gasteiger partial charge in [-0.2, -0.15) is 0 Å². The first-order valence-electron chi connectivity index (χ1n) is 9.16. The number of hydrogen-bond donors (Lipinski definition) is 2. The Balaban J connectivity index is 1.65. The molecule has 1 aliphatic carbocycles. The first kappa shape index (κ1) is 20.8. The molecule has 1 aliphatic rings. The lowest BCUT2D eigenvalue weighted by Gasteiger charge is -2.14. The minimum Gasteiger partial charge on any atom is -0.452 e. The average Bonchev–Trinajstić information content (AvgIpc) is 3.52. The van der Waals surface area contributed by atoms with Gasteiger partial charge in [-0.15, -0.1) is 0 Å². The van der Waals surface area contributed by atoms with Crippen LogP contribution in [0.3, 0.4) is 0 Å². The van der Waals surface area contributed by atoms with E-state index in [0.717, 1.165) is 25.0 Å². The lowest BCUT2D eigenvalue weighted by Crippen LogP contribution is -2.37. The van der Waals surface area contributed by atoms with E-state index in [-0.39, 0.29) is 28.8 Å². The maximum absolute atomic E-state index is 13.0. The molecule has 0 saturated heterocycles. The molecule has 152 valence electrons. The van der Waals surface area contributed by atoms with Crippen molar-refractivity contribution in [1.29, 1.82) is 0 Å². The van der Waals surface area contributed by atoms with Crippen LogP contribution in [0.15, 0.2) is 42.5 Å². The molecule has 29 heavy (non-hydrogen) atoms. The largest absolute Gasteiger partial charge is 0.452 e. The van der Waals surface area contributed by atoms with Crippen LogP contribution in [0, 0.1) is 11.7 Å². The lowest BCUT2D eigenvalue weighted by molar-refractivity contribution is -0.124. The van der Waals surface area contributed by atoms with Gasteiger partial charge < -0.3 is 15.4 Å². The van der Waals surface area contributed by atoms with Crippen LogP contribution in [-0.4, -0.2) is 30.4 Å². The summed E-state index contributed by atoms with van der Waals surface area (Å²) in [6, 6.07) is 9.26. The van der Waals surface area contributed by atoms with Crippen LogP contribution in [0.1, 0.15) is 40.5 Å². The van der Waals surface area contributed by atoms with Gasteiger partial charge in [-0.25, -0.2) is 9.18 Å². The van der Waals surface area contributed by atoms with Crippen molar-refractivity contribution in [2.24, 2.45) is 5.92 Å². The van der Waals surface area contributed by atoms with Crippen LogP contribution >= 0.6 is 11.6 Å². The smallest absolute Gasteiger partial charge is 0.340 e. The summed E-state index contributed by atoms with van der Waals surface area (Å²) in [5, 5.41) is 5.65. The standard InChI is InChI=1S/C21H20ClFN2O4/c1-12(13-2-3-13)24-19(26)11-29-21(28)17-9-6-15(22)10-18(17)25-20(27)14-4-7-16(23)8-5-14/h4-10,12-13H,2-3,11H2,1H3,(H,24,26)(H,25,27)/t12-/m0/s1. The van der Waals surface area contributed by atoms with Gasteiger partial charge in [0, 0.05) is 16.6 Å². The van der Waals surface area contributed by atoms with E-state index >= 15 is 0 Å². The Morgan fingerprint density at radius 1 is 1.17 bits per heavy atom. The molecular weight excluding hydrogens is 399 g/mol. The van der Waals surface area contributed by atoms with E-state index in [4.69, 9.17) is 16.3 Å². The Bertz CT molecular complexity index is 929. The van der Waals surface area contributed by atoms with Crippen LogP contribution in [0.5, 0.6) is 0 Å². The number of ether oxygens (including phenoxy) is 1. The first-order chi connectivity index (χ1) is 13.8. The quantitative estimate of drug-likeness (QED) is 0.670. The lowest BCUT2D eigenvalue weighted by atomic mass is 10.1. The highest BCUT2D eigenvalue weighted by Crippen LogP contribution is 2.32. The normalized spacial score (nSPS) is 14.0. The summed E-state index contributed by atoms with van der Waals surface area (Å²) >= 11 is 5.97. The number of carbonyl (C=O) groups is 3. The Kier molecular flexibility index (Phi) is 6.49. The van der Waals surface area contributed by atoms with Gasteiger partial charge in [0.25, 0.3) is 11.8 Å². The van der Waals surface area contributed by atoms with Crippen molar-refractivity contribution in [2.45, 2.75) is 25.8 Å². The first-order valence-corrected chi connectivity index (χ1v) is 9.54. The van der Waals surface area contributed by atoms with E-state index in [9.17, 15) is 18.8 Å². The zero-order valence-corrected chi connectivity index (χ0v) is 16.5. The second kappa shape index (κ2) is 9.05. The van der Waals surface area contributed by atoms with Crippen molar-refractivity contribution in [2.75, 3.05) is 11.9 Å². The number of halogens is 2. The molecule has 0 aromatic heterocycles. The number of benzene rings is 2. The predicted octanol–water partition coefficient (Wildman–Crippen LogP) is 3.80. The molecule has 0 radical (unpaired) electrons. The molecule has 0 bridgehead atoms. The summed E-state index contributed by atoms with van der Waals surface area (Å²) in [7, 11) is 0. The van der Waals surface area contributed by atoms with Crippen molar-refractivity contribution in [1.82, 2.24) is 5.32 Å². The van der Waals surface area contributed by atoms with Gasteiger partial charge in [-0.3, -0.25) is 9.59 Å². The molecule has 0 aliphatic heterocycles. The summed E-state index contributed by atoms with van der Waals surface area (Å²) in [5.41, 5.74) is 0.385. The average molecular weight is 419 g/mol. The molecule has 0 spiro atoms. The summed E-state index contributed by atoms with van der Waals surface area (Å²) in [5.74, 6) is -1.69. The van der Waals surface area contributed by atoms with Crippen LogP contribution in [0.25, 0.3) is 0 Å². The molecule has 2 N–H and O–H groups in total. The highest BCUT2D eigenvalue weighted by molar-refractivity contribution is 6.31. The Morgan fingerprint density at radius 3 is 2.52 bits per heavy atom. The number of carbonyl (C=O) groups excluding carboxylic acids is 3. The van der Waals surface area contributed by atoms with Crippen LogP contribution in [0.2, 0.25) is 5.02 Å². The van der Waals surface area contributed by atoms with Gasteiger partial charge >= 0.3 is 5.97 Å². The topological polar surface area (TPSA) is 84.5 Å². The van der Waals surface area contributed by atoms with E-state index in [1.807, 2.05) is 6.92 Å². The zero-order chi connectivity index (χ0) is 21.0. The molecule has 0 unspecified atom stereocenters. The Labute approximate surface area is 172 Å². The molecule has 3 rings (SSSR count). The second-order valence-electron chi connectivity index (χ2n) is 6.92. The second-order valence-corrected chi connectivity index (χ2v) is 7.36. The monoisotopic (exact) mass is 418 g/mol. The Morgan fingerprint density at radius 2 is 1.86 bits per heavy atom. The number of hydrogen-bond acceptors (Lipinski definition) is 4. The van der Waals surface area contributed by atoms with E-state index in [1.165, 1.54) is 30.3 Å². The maximum atomic E-state index is 13.0. The van der Waals surface area contributed by atoms with Crippen molar-refractivity contribution in [3.63, 3.8) is 0 Å². The third-order valence-electron chi connectivity index (χ3n) is 4.61. The van der Waals surface area contributed by atoms with E-state index < -0.39 is 24.3 Å². The van der Waals surface area contributed by atoms with Gasteiger partial charge in [-0.1, -0.05) is 11.6 Å². The number of rotatable bonds is 7. The highest BCUT2D eigenvalue weighted by atomic mass is 35.5. The van der Waals surface area contributed by atoms with Gasteiger partial charge in [0.1, 0.15) is 5.82 Å². The molecule has 6 nitrogen and oxygen atoms in total. The van der Waals surface area contributed by atoms with Crippen molar-refractivity contribution in [3.8, 4) is 0 Å².